The number of rotatable bonds is 4. The van der Waals surface area contributed by atoms with Crippen molar-refractivity contribution >= 4 is 0 Å². The van der Waals surface area contributed by atoms with Crippen LogP contribution in [0.4, 0.5) is 4.39 Å². The van der Waals surface area contributed by atoms with Crippen LogP contribution in [0.1, 0.15) is 32.2 Å². The van der Waals surface area contributed by atoms with Crippen molar-refractivity contribution in [2.75, 3.05) is 7.05 Å². The minimum atomic E-state index is -0.231. The van der Waals surface area contributed by atoms with Gasteiger partial charge in [-0.15, -0.1) is 0 Å². The Hall–Kier alpha value is -1.75. The molecule has 0 aliphatic heterocycles. The van der Waals surface area contributed by atoms with Crippen molar-refractivity contribution in [1.29, 1.82) is 0 Å². The first-order chi connectivity index (χ1) is 9.81. The van der Waals surface area contributed by atoms with Crippen molar-refractivity contribution in [3.05, 3.63) is 35.5 Å². The molecule has 1 aromatic carbocycles. The van der Waals surface area contributed by atoms with Crippen molar-refractivity contribution in [1.82, 2.24) is 15.5 Å². The lowest BCUT2D eigenvalue weighted by atomic mass is 9.85. The summed E-state index contributed by atoms with van der Waals surface area (Å²) in [4.78, 5) is 4.41. The zero-order chi connectivity index (χ0) is 15.6. The summed E-state index contributed by atoms with van der Waals surface area (Å²) in [6.45, 7) is 8.20. The molecule has 1 unspecified atom stereocenters. The quantitative estimate of drug-likeness (QED) is 0.938. The number of aromatic nitrogens is 2. The molecule has 21 heavy (non-hydrogen) atoms. The summed E-state index contributed by atoms with van der Waals surface area (Å²) in [6.07, 6.45) is 0.660. The van der Waals surface area contributed by atoms with Gasteiger partial charge in [-0.05, 0) is 43.1 Å². The van der Waals surface area contributed by atoms with Gasteiger partial charge < -0.3 is 9.84 Å². The van der Waals surface area contributed by atoms with Crippen LogP contribution in [0.5, 0.6) is 0 Å². The van der Waals surface area contributed by atoms with Crippen molar-refractivity contribution in [3.63, 3.8) is 0 Å². The van der Waals surface area contributed by atoms with Crippen LogP contribution in [-0.2, 0) is 6.42 Å². The predicted molar refractivity (Wildman–Crippen MR) is 80.4 cm³/mol. The van der Waals surface area contributed by atoms with Crippen molar-refractivity contribution < 1.29 is 8.91 Å². The van der Waals surface area contributed by atoms with Crippen LogP contribution in [0.15, 0.2) is 22.7 Å². The maximum Gasteiger partial charge on any atom is 0.228 e. The highest BCUT2D eigenvalue weighted by Crippen LogP contribution is 2.23. The smallest absolute Gasteiger partial charge is 0.228 e. The van der Waals surface area contributed by atoms with E-state index in [1.54, 1.807) is 19.1 Å². The summed E-state index contributed by atoms with van der Waals surface area (Å²) >= 11 is 0. The van der Waals surface area contributed by atoms with Gasteiger partial charge in [0.25, 0.3) is 0 Å². The predicted octanol–water partition coefficient (Wildman–Crippen LogP) is 3.36. The number of benzene rings is 1. The second-order valence-corrected chi connectivity index (χ2v) is 6.39. The van der Waals surface area contributed by atoms with E-state index < -0.39 is 0 Å². The fourth-order valence-electron chi connectivity index (χ4n) is 2.25. The minimum Gasteiger partial charge on any atom is -0.339 e. The second kappa shape index (κ2) is 5.93. The number of likely N-dealkylation sites (N-methyl/N-ethyl adjacent to an activating group) is 1. The Balaban J connectivity index is 2.19. The van der Waals surface area contributed by atoms with E-state index in [0.29, 0.717) is 23.7 Å². The van der Waals surface area contributed by atoms with Crippen molar-refractivity contribution in [2.24, 2.45) is 5.41 Å². The van der Waals surface area contributed by atoms with Crippen molar-refractivity contribution in [3.8, 4) is 11.4 Å². The molecule has 0 radical (unpaired) electrons. The van der Waals surface area contributed by atoms with Crippen LogP contribution in [0, 0.1) is 18.2 Å². The molecular formula is C16H22FN3O. The largest absolute Gasteiger partial charge is 0.339 e. The average Bonchev–Trinajstić information content (AvgIpc) is 2.86. The van der Waals surface area contributed by atoms with Crippen LogP contribution >= 0.6 is 0 Å². The molecule has 1 aromatic heterocycles. The summed E-state index contributed by atoms with van der Waals surface area (Å²) in [6, 6.07) is 5.05. The third-order valence-electron chi connectivity index (χ3n) is 3.66. The van der Waals surface area contributed by atoms with Gasteiger partial charge in [-0.25, -0.2) is 4.39 Å². The summed E-state index contributed by atoms with van der Waals surface area (Å²) in [7, 11) is 1.93. The van der Waals surface area contributed by atoms with Crippen LogP contribution in [-0.4, -0.2) is 23.2 Å². The number of hydrogen-bond acceptors (Lipinski definition) is 4. The second-order valence-electron chi connectivity index (χ2n) is 6.39. The zero-order valence-corrected chi connectivity index (χ0v) is 13.2. The molecule has 0 saturated carbocycles. The van der Waals surface area contributed by atoms with E-state index in [0.717, 1.165) is 5.56 Å². The molecule has 5 heteroatoms. The van der Waals surface area contributed by atoms with E-state index >= 15 is 0 Å². The Morgan fingerprint density at radius 2 is 2.05 bits per heavy atom. The molecule has 0 fully saturated rings. The molecule has 114 valence electrons. The summed E-state index contributed by atoms with van der Waals surface area (Å²) in [5.74, 6) is 0.851. The first-order valence-corrected chi connectivity index (χ1v) is 7.07. The van der Waals surface area contributed by atoms with Gasteiger partial charge in [0.15, 0.2) is 0 Å². The van der Waals surface area contributed by atoms with Gasteiger partial charge in [0.1, 0.15) is 5.82 Å². The highest BCUT2D eigenvalue weighted by Gasteiger charge is 2.25. The zero-order valence-electron chi connectivity index (χ0n) is 13.2. The molecule has 0 saturated heterocycles. The highest BCUT2D eigenvalue weighted by atomic mass is 19.1. The van der Waals surface area contributed by atoms with E-state index in [-0.39, 0.29) is 17.3 Å². The van der Waals surface area contributed by atoms with E-state index in [4.69, 9.17) is 4.52 Å². The van der Waals surface area contributed by atoms with Crippen LogP contribution in [0.2, 0.25) is 0 Å². The first-order valence-electron chi connectivity index (χ1n) is 7.07. The fraction of sp³-hybridized carbons (Fsp3) is 0.500. The molecule has 0 bridgehead atoms. The molecule has 2 rings (SSSR count). The molecule has 1 atom stereocenters. The fourth-order valence-corrected chi connectivity index (χ4v) is 2.25. The molecule has 1 heterocycles. The SMILES string of the molecule is CNC(Cc1nc(-c2ccc(F)c(C)c2)no1)C(C)(C)C. The van der Waals surface area contributed by atoms with Crippen LogP contribution < -0.4 is 5.32 Å². The summed E-state index contributed by atoms with van der Waals surface area (Å²) < 4.78 is 18.6. The number of nitrogens with one attached hydrogen (secondary N) is 1. The minimum absolute atomic E-state index is 0.0931. The highest BCUT2D eigenvalue weighted by molar-refractivity contribution is 5.55. The van der Waals surface area contributed by atoms with E-state index in [1.165, 1.54) is 6.07 Å². The van der Waals surface area contributed by atoms with E-state index in [1.807, 2.05) is 7.05 Å². The molecule has 0 aliphatic rings. The van der Waals surface area contributed by atoms with Gasteiger partial charge >= 0.3 is 0 Å². The Bertz CT molecular complexity index is 616. The topological polar surface area (TPSA) is 51.0 Å². The molecule has 1 N–H and O–H groups in total. The van der Waals surface area contributed by atoms with Crippen LogP contribution in [0.3, 0.4) is 0 Å². The van der Waals surface area contributed by atoms with Crippen molar-refractivity contribution in [2.45, 2.75) is 40.2 Å². The maximum absolute atomic E-state index is 13.3. The van der Waals surface area contributed by atoms with Gasteiger partial charge in [0, 0.05) is 18.0 Å². The Morgan fingerprint density at radius 1 is 1.33 bits per heavy atom. The number of halogens is 1. The average molecular weight is 291 g/mol. The van der Waals surface area contributed by atoms with E-state index in [9.17, 15) is 4.39 Å². The number of aryl methyl sites for hydroxylation is 1. The molecule has 2 aromatic rings. The molecular weight excluding hydrogens is 269 g/mol. The van der Waals surface area contributed by atoms with Gasteiger partial charge in [0.2, 0.25) is 11.7 Å². The van der Waals surface area contributed by atoms with Gasteiger partial charge in [0.05, 0.1) is 0 Å². The Morgan fingerprint density at radius 3 is 2.62 bits per heavy atom. The van der Waals surface area contributed by atoms with Gasteiger partial charge in [-0.3, -0.25) is 0 Å². The van der Waals surface area contributed by atoms with E-state index in [2.05, 4.69) is 36.2 Å². The van der Waals surface area contributed by atoms with Gasteiger partial charge in [-0.1, -0.05) is 25.9 Å². The molecule has 0 amide bonds. The lowest BCUT2D eigenvalue weighted by Gasteiger charge is -2.29. The Kier molecular flexibility index (Phi) is 4.42. The summed E-state index contributed by atoms with van der Waals surface area (Å²) in [5, 5.41) is 7.27. The number of nitrogens with zero attached hydrogens (tertiary/aromatic N) is 2. The maximum atomic E-state index is 13.3. The normalized spacial score (nSPS) is 13.4. The summed E-state index contributed by atoms with van der Waals surface area (Å²) in [5.41, 5.74) is 1.43. The molecule has 0 aliphatic carbocycles. The first kappa shape index (κ1) is 15.6. The standard InChI is InChI=1S/C16H22FN3O/c1-10-8-11(6-7-12(10)17)15-19-14(21-20-15)9-13(18-5)16(2,3)4/h6-8,13,18H,9H2,1-5H3. The number of hydrogen-bond donors (Lipinski definition) is 1. The molecule has 4 nitrogen and oxygen atoms in total. The lowest BCUT2D eigenvalue weighted by Crippen LogP contribution is -2.39. The molecule has 0 spiro atoms. The lowest BCUT2D eigenvalue weighted by molar-refractivity contribution is 0.255. The monoisotopic (exact) mass is 291 g/mol. The Labute approximate surface area is 124 Å². The van der Waals surface area contributed by atoms with Crippen LogP contribution in [0.25, 0.3) is 11.4 Å². The third-order valence-corrected chi connectivity index (χ3v) is 3.66. The third kappa shape index (κ3) is 3.67. The van der Waals surface area contributed by atoms with Gasteiger partial charge in [-0.2, -0.15) is 4.98 Å².